The highest BCUT2D eigenvalue weighted by molar-refractivity contribution is 5.92. The number of carbonyl (C=O) groups excluding carboxylic acids is 1. The molecule has 5 heteroatoms. The molecule has 2 aliphatic rings. The number of aliphatic hydroxyl groups excluding tert-OH is 1. The van der Waals surface area contributed by atoms with Gasteiger partial charge in [-0.3, -0.25) is 9.48 Å². The molecular formula is C23H31N3O2. The van der Waals surface area contributed by atoms with Gasteiger partial charge in [-0.2, -0.15) is 5.10 Å². The minimum atomic E-state index is -0.346. The van der Waals surface area contributed by atoms with Crippen molar-refractivity contribution in [1.82, 2.24) is 14.7 Å². The van der Waals surface area contributed by atoms with Crippen LogP contribution in [0.1, 0.15) is 60.9 Å². The van der Waals surface area contributed by atoms with E-state index in [0.29, 0.717) is 31.2 Å². The molecule has 1 N–H and O–H groups in total. The van der Waals surface area contributed by atoms with Gasteiger partial charge in [-0.15, -0.1) is 0 Å². The van der Waals surface area contributed by atoms with Crippen LogP contribution >= 0.6 is 0 Å². The summed E-state index contributed by atoms with van der Waals surface area (Å²) in [4.78, 5) is 15.2. The summed E-state index contributed by atoms with van der Waals surface area (Å²) in [5.41, 5.74) is 4.04. The molecule has 4 rings (SSSR count). The van der Waals surface area contributed by atoms with Crippen LogP contribution in [0.2, 0.25) is 0 Å². The molecule has 2 heterocycles. The van der Waals surface area contributed by atoms with E-state index in [1.807, 2.05) is 28.6 Å². The second-order valence-corrected chi connectivity index (χ2v) is 8.76. The standard InChI is InChI=1S/C23H31N3O2/c1-4-26-20(15-18(24-26)13-16(2)3)22(28)25-11-9-23(10-12-25)19-8-6-5-7-17(19)14-21(23)27/h5-8,15-16,21,27H,4,9-14H2,1-3H3. The van der Waals surface area contributed by atoms with E-state index in [0.717, 1.165) is 31.4 Å². The zero-order valence-electron chi connectivity index (χ0n) is 17.2. The predicted octanol–water partition coefficient (Wildman–Crippen LogP) is 3.19. The number of rotatable bonds is 4. The molecule has 5 nitrogen and oxygen atoms in total. The molecule has 1 amide bonds. The van der Waals surface area contributed by atoms with Crippen LogP contribution in [0, 0.1) is 5.92 Å². The molecule has 2 aromatic rings. The van der Waals surface area contributed by atoms with Crippen molar-refractivity contribution in [2.45, 2.75) is 64.5 Å². The van der Waals surface area contributed by atoms with Crippen molar-refractivity contribution in [3.8, 4) is 0 Å². The molecule has 1 aromatic carbocycles. The zero-order chi connectivity index (χ0) is 19.9. The number of piperidine rings is 1. The van der Waals surface area contributed by atoms with Gasteiger partial charge in [-0.05, 0) is 55.7 Å². The Bertz CT molecular complexity index is 862. The quantitative estimate of drug-likeness (QED) is 0.885. The van der Waals surface area contributed by atoms with Crippen LogP contribution in [-0.2, 0) is 24.8 Å². The number of aromatic nitrogens is 2. The summed E-state index contributed by atoms with van der Waals surface area (Å²) in [6.07, 6.45) is 2.90. The van der Waals surface area contributed by atoms with Crippen molar-refractivity contribution in [1.29, 1.82) is 0 Å². The van der Waals surface area contributed by atoms with Gasteiger partial charge in [0.05, 0.1) is 11.8 Å². The lowest BCUT2D eigenvalue weighted by molar-refractivity contribution is 0.0359. The van der Waals surface area contributed by atoms with Gasteiger partial charge >= 0.3 is 0 Å². The van der Waals surface area contributed by atoms with Crippen LogP contribution in [0.3, 0.4) is 0 Å². The van der Waals surface area contributed by atoms with Crippen LogP contribution in [-0.4, -0.2) is 44.9 Å². The van der Waals surface area contributed by atoms with E-state index >= 15 is 0 Å². The normalized spacial score (nSPS) is 20.8. The van der Waals surface area contributed by atoms with Gasteiger partial charge in [0.15, 0.2) is 0 Å². The number of fused-ring (bicyclic) bond motifs is 2. The van der Waals surface area contributed by atoms with Crippen LogP contribution in [0.5, 0.6) is 0 Å². The molecule has 1 aromatic heterocycles. The average molecular weight is 382 g/mol. The highest BCUT2D eigenvalue weighted by Gasteiger charge is 2.48. The molecule has 1 saturated heterocycles. The number of hydrogen-bond donors (Lipinski definition) is 1. The van der Waals surface area contributed by atoms with Crippen molar-refractivity contribution in [2.75, 3.05) is 13.1 Å². The number of carbonyl (C=O) groups is 1. The Kier molecular flexibility index (Phi) is 5.04. The lowest BCUT2D eigenvalue weighted by Gasteiger charge is -2.42. The number of aryl methyl sites for hydroxylation is 1. The molecule has 1 atom stereocenters. The van der Waals surface area contributed by atoms with E-state index < -0.39 is 0 Å². The molecule has 150 valence electrons. The number of aliphatic hydroxyl groups is 1. The summed E-state index contributed by atoms with van der Waals surface area (Å²) in [6, 6.07) is 10.4. The predicted molar refractivity (Wildman–Crippen MR) is 109 cm³/mol. The first kappa shape index (κ1) is 19.2. The minimum absolute atomic E-state index is 0.0694. The van der Waals surface area contributed by atoms with Crippen LogP contribution < -0.4 is 0 Å². The van der Waals surface area contributed by atoms with Crippen molar-refractivity contribution in [3.63, 3.8) is 0 Å². The topological polar surface area (TPSA) is 58.4 Å². The summed E-state index contributed by atoms with van der Waals surface area (Å²) in [6.45, 7) is 8.42. The fourth-order valence-corrected chi connectivity index (χ4v) is 5.04. The SMILES string of the molecule is CCn1nc(CC(C)C)cc1C(=O)N1CCC2(CC1)c1ccccc1CC2O. The Morgan fingerprint density at radius 1 is 1.29 bits per heavy atom. The van der Waals surface area contributed by atoms with Crippen molar-refractivity contribution >= 4 is 5.91 Å². The Labute approximate surface area is 167 Å². The van der Waals surface area contributed by atoms with E-state index in [2.05, 4.69) is 37.1 Å². The van der Waals surface area contributed by atoms with Gasteiger partial charge in [-0.25, -0.2) is 0 Å². The Hall–Kier alpha value is -2.14. The summed E-state index contributed by atoms with van der Waals surface area (Å²) in [5.74, 6) is 0.585. The Balaban J connectivity index is 1.52. The van der Waals surface area contributed by atoms with Crippen molar-refractivity contribution in [2.24, 2.45) is 5.92 Å². The second kappa shape index (κ2) is 7.36. The van der Waals surface area contributed by atoms with Gasteiger partial charge in [-0.1, -0.05) is 38.1 Å². The van der Waals surface area contributed by atoms with Crippen LogP contribution in [0.25, 0.3) is 0 Å². The Morgan fingerprint density at radius 2 is 2.00 bits per heavy atom. The van der Waals surface area contributed by atoms with E-state index in [9.17, 15) is 9.90 Å². The molecular weight excluding hydrogens is 350 g/mol. The molecule has 1 fully saturated rings. The van der Waals surface area contributed by atoms with Gasteiger partial charge in [0.1, 0.15) is 5.69 Å². The molecule has 0 saturated carbocycles. The number of benzene rings is 1. The molecule has 0 radical (unpaired) electrons. The Morgan fingerprint density at radius 3 is 2.68 bits per heavy atom. The molecule has 0 bridgehead atoms. The second-order valence-electron chi connectivity index (χ2n) is 8.76. The third kappa shape index (κ3) is 3.16. The third-order valence-electron chi connectivity index (χ3n) is 6.51. The van der Waals surface area contributed by atoms with E-state index in [-0.39, 0.29) is 17.4 Å². The van der Waals surface area contributed by atoms with Crippen LogP contribution in [0.15, 0.2) is 30.3 Å². The first-order valence-electron chi connectivity index (χ1n) is 10.6. The largest absolute Gasteiger partial charge is 0.392 e. The summed E-state index contributed by atoms with van der Waals surface area (Å²) in [5, 5.41) is 15.4. The van der Waals surface area contributed by atoms with Crippen LogP contribution in [0.4, 0.5) is 0 Å². The number of hydrogen-bond acceptors (Lipinski definition) is 3. The maximum atomic E-state index is 13.2. The first-order chi connectivity index (χ1) is 13.4. The molecule has 1 spiro atoms. The van der Waals surface area contributed by atoms with E-state index in [1.54, 1.807) is 0 Å². The maximum absolute atomic E-state index is 13.2. The van der Waals surface area contributed by atoms with Gasteiger partial charge in [0.25, 0.3) is 5.91 Å². The maximum Gasteiger partial charge on any atom is 0.272 e. The number of nitrogens with zero attached hydrogens (tertiary/aromatic N) is 3. The van der Waals surface area contributed by atoms with Crippen molar-refractivity contribution < 1.29 is 9.90 Å². The summed E-state index contributed by atoms with van der Waals surface area (Å²) >= 11 is 0. The fraction of sp³-hybridized carbons (Fsp3) is 0.565. The monoisotopic (exact) mass is 381 g/mol. The van der Waals surface area contributed by atoms with Crippen molar-refractivity contribution in [3.05, 3.63) is 52.8 Å². The molecule has 1 aliphatic heterocycles. The summed E-state index contributed by atoms with van der Waals surface area (Å²) < 4.78 is 1.84. The minimum Gasteiger partial charge on any atom is -0.392 e. The lowest BCUT2D eigenvalue weighted by atomic mass is 9.72. The van der Waals surface area contributed by atoms with Gasteiger partial charge in [0.2, 0.25) is 0 Å². The van der Waals surface area contributed by atoms with Gasteiger partial charge in [0, 0.05) is 25.0 Å². The average Bonchev–Trinajstić information content (AvgIpc) is 3.21. The molecule has 1 unspecified atom stereocenters. The molecule has 1 aliphatic carbocycles. The van der Waals surface area contributed by atoms with E-state index in [4.69, 9.17) is 0 Å². The first-order valence-corrected chi connectivity index (χ1v) is 10.6. The highest BCUT2D eigenvalue weighted by atomic mass is 16.3. The molecule has 28 heavy (non-hydrogen) atoms. The fourth-order valence-electron chi connectivity index (χ4n) is 5.04. The lowest BCUT2D eigenvalue weighted by Crippen LogP contribution is -2.49. The zero-order valence-corrected chi connectivity index (χ0v) is 17.2. The smallest absolute Gasteiger partial charge is 0.272 e. The summed E-state index contributed by atoms with van der Waals surface area (Å²) in [7, 11) is 0. The third-order valence-corrected chi connectivity index (χ3v) is 6.51. The van der Waals surface area contributed by atoms with E-state index in [1.165, 1.54) is 11.1 Å². The van der Waals surface area contributed by atoms with Gasteiger partial charge < -0.3 is 10.0 Å². The highest BCUT2D eigenvalue weighted by Crippen LogP contribution is 2.46. The number of amides is 1. The number of likely N-dealkylation sites (tertiary alicyclic amines) is 1.